The highest BCUT2D eigenvalue weighted by Gasteiger charge is 2.35. The molecule has 0 saturated heterocycles. The molecule has 1 aromatic carbocycles. The largest absolute Gasteiger partial charge is 0.490 e. The third-order valence-electron chi connectivity index (χ3n) is 3.99. The highest BCUT2D eigenvalue weighted by molar-refractivity contribution is 5.51. The number of alkyl halides is 3. The van der Waals surface area contributed by atoms with Crippen molar-refractivity contribution in [2.75, 3.05) is 6.61 Å². The standard InChI is InChI=1S/C18H16F5N3O/c1-2-3-16-24-25-17-13(18(21,22)23)6-5-12(26(16)17)8-9-27-15-7-4-11(19)10-14(15)20/h4-7,10H,2-3,8-9H2,1H3. The smallest absolute Gasteiger partial charge is 0.420 e. The highest BCUT2D eigenvalue weighted by atomic mass is 19.4. The van der Waals surface area contributed by atoms with E-state index in [1.807, 2.05) is 6.92 Å². The van der Waals surface area contributed by atoms with Gasteiger partial charge in [-0.25, -0.2) is 8.78 Å². The van der Waals surface area contributed by atoms with E-state index in [1.54, 1.807) is 0 Å². The van der Waals surface area contributed by atoms with Crippen LogP contribution < -0.4 is 4.74 Å². The summed E-state index contributed by atoms with van der Waals surface area (Å²) >= 11 is 0. The topological polar surface area (TPSA) is 39.4 Å². The molecule has 3 aromatic rings. The van der Waals surface area contributed by atoms with Crippen LogP contribution in [0.4, 0.5) is 22.0 Å². The Morgan fingerprint density at radius 2 is 1.81 bits per heavy atom. The van der Waals surface area contributed by atoms with E-state index in [0.717, 1.165) is 18.2 Å². The number of hydrogen-bond donors (Lipinski definition) is 0. The summed E-state index contributed by atoms with van der Waals surface area (Å²) in [6.45, 7) is 1.88. The molecule has 0 aliphatic carbocycles. The Labute approximate surface area is 151 Å². The Balaban J connectivity index is 1.88. The molecule has 0 bridgehead atoms. The van der Waals surface area contributed by atoms with E-state index in [0.29, 0.717) is 30.4 Å². The molecule has 0 fully saturated rings. The highest BCUT2D eigenvalue weighted by Crippen LogP contribution is 2.32. The molecule has 0 atom stereocenters. The minimum atomic E-state index is -4.55. The van der Waals surface area contributed by atoms with E-state index in [1.165, 1.54) is 10.5 Å². The lowest BCUT2D eigenvalue weighted by Gasteiger charge is -2.13. The van der Waals surface area contributed by atoms with Crippen LogP contribution in [0, 0.1) is 11.6 Å². The molecular weight excluding hydrogens is 369 g/mol. The fourth-order valence-electron chi connectivity index (χ4n) is 2.78. The van der Waals surface area contributed by atoms with Gasteiger partial charge in [0.1, 0.15) is 17.2 Å². The third-order valence-corrected chi connectivity index (χ3v) is 3.99. The molecule has 2 aromatic heterocycles. The van der Waals surface area contributed by atoms with E-state index in [2.05, 4.69) is 10.2 Å². The van der Waals surface area contributed by atoms with Gasteiger partial charge in [0.15, 0.2) is 17.2 Å². The van der Waals surface area contributed by atoms with Crippen molar-refractivity contribution in [2.45, 2.75) is 32.4 Å². The SMILES string of the molecule is CCCc1nnc2c(C(F)(F)F)ccc(CCOc3ccc(F)cc3F)n12. The Morgan fingerprint density at radius 3 is 2.48 bits per heavy atom. The first-order valence-corrected chi connectivity index (χ1v) is 8.32. The van der Waals surface area contributed by atoms with Gasteiger partial charge in [0, 0.05) is 24.6 Å². The van der Waals surface area contributed by atoms with Crippen molar-refractivity contribution < 1.29 is 26.7 Å². The Kier molecular flexibility index (Phi) is 5.29. The summed E-state index contributed by atoms with van der Waals surface area (Å²) in [5.74, 6) is -1.28. The molecule has 2 heterocycles. The summed E-state index contributed by atoms with van der Waals surface area (Å²) in [6, 6.07) is 5.21. The summed E-state index contributed by atoms with van der Waals surface area (Å²) in [5, 5.41) is 7.59. The molecule has 27 heavy (non-hydrogen) atoms. The van der Waals surface area contributed by atoms with Crippen molar-refractivity contribution in [1.29, 1.82) is 0 Å². The first-order chi connectivity index (χ1) is 12.8. The van der Waals surface area contributed by atoms with E-state index in [4.69, 9.17) is 4.74 Å². The fourth-order valence-corrected chi connectivity index (χ4v) is 2.78. The lowest BCUT2D eigenvalue weighted by atomic mass is 10.2. The number of nitrogens with zero attached hydrogens (tertiary/aromatic N) is 3. The fraction of sp³-hybridized carbons (Fsp3) is 0.333. The summed E-state index contributed by atoms with van der Waals surface area (Å²) in [4.78, 5) is 0. The van der Waals surface area contributed by atoms with E-state index in [-0.39, 0.29) is 24.4 Å². The van der Waals surface area contributed by atoms with Gasteiger partial charge in [-0.1, -0.05) is 6.92 Å². The second-order valence-electron chi connectivity index (χ2n) is 5.93. The summed E-state index contributed by atoms with van der Waals surface area (Å²) in [5.41, 5.74) is -0.628. The normalized spacial score (nSPS) is 11.9. The minimum absolute atomic E-state index is 0.00718. The minimum Gasteiger partial charge on any atom is -0.490 e. The molecule has 0 radical (unpaired) electrons. The number of ether oxygens (including phenoxy) is 1. The van der Waals surface area contributed by atoms with Gasteiger partial charge in [-0.3, -0.25) is 4.40 Å². The van der Waals surface area contributed by atoms with E-state index < -0.39 is 23.4 Å². The van der Waals surface area contributed by atoms with Gasteiger partial charge in [0.2, 0.25) is 0 Å². The van der Waals surface area contributed by atoms with Gasteiger partial charge < -0.3 is 4.74 Å². The molecular formula is C18H16F5N3O. The zero-order chi connectivity index (χ0) is 19.6. The van der Waals surface area contributed by atoms with Crippen molar-refractivity contribution >= 4 is 5.65 Å². The molecule has 144 valence electrons. The lowest BCUT2D eigenvalue weighted by Crippen LogP contribution is -2.13. The maximum Gasteiger partial charge on any atom is 0.420 e. The molecule has 3 rings (SSSR count). The number of aromatic nitrogens is 3. The third kappa shape index (κ3) is 4.01. The number of hydrogen-bond acceptors (Lipinski definition) is 3. The van der Waals surface area contributed by atoms with Crippen LogP contribution in [0.1, 0.15) is 30.4 Å². The van der Waals surface area contributed by atoms with Crippen LogP contribution >= 0.6 is 0 Å². The molecule has 0 saturated carbocycles. The van der Waals surface area contributed by atoms with Crippen molar-refractivity contribution in [1.82, 2.24) is 14.6 Å². The molecule has 0 amide bonds. The predicted molar refractivity (Wildman–Crippen MR) is 87.5 cm³/mol. The molecule has 0 aliphatic rings. The van der Waals surface area contributed by atoms with Gasteiger partial charge in [-0.15, -0.1) is 10.2 Å². The van der Waals surface area contributed by atoms with Gasteiger partial charge in [-0.05, 0) is 30.7 Å². The summed E-state index contributed by atoms with van der Waals surface area (Å²) < 4.78 is 72.9. The maximum atomic E-state index is 13.6. The summed E-state index contributed by atoms with van der Waals surface area (Å²) in [7, 11) is 0. The molecule has 9 heteroatoms. The van der Waals surface area contributed by atoms with Crippen LogP contribution in [0.5, 0.6) is 5.75 Å². The second kappa shape index (κ2) is 7.50. The van der Waals surface area contributed by atoms with Crippen LogP contribution in [0.15, 0.2) is 30.3 Å². The first-order valence-electron chi connectivity index (χ1n) is 8.32. The predicted octanol–water partition coefficient (Wildman–Crippen LogP) is 4.60. The molecule has 0 unspecified atom stereocenters. The van der Waals surface area contributed by atoms with Crippen molar-refractivity contribution in [3.63, 3.8) is 0 Å². The summed E-state index contributed by atoms with van der Waals surface area (Å²) in [6.07, 6.45) is -3.21. The molecule has 0 aliphatic heterocycles. The van der Waals surface area contributed by atoms with E-state index in [9.17, 15) is 22.0 Å². The van der Waals surface area contributed by atoms with Crippen LogP contribution in [0.2, 0.25) is 0 Å². The van der Waals surface area contributed by atoms with Crippen LogP contribution in [-0.4, -0.2) is 21.2 Å². The van der Waals surface area contributed by atoms with Crippen LogP contribution in [0.25, 0.3) is 5.65 Å². The maximum absolute atomic E-state index is 13.6. The Morgan fingerprint density at radius 1 is 1.04 bits per heavy atom. The number of halogens is 5. The average molecular weight is 385 g/mol. The quantitative estimate of drug-likeness (QED) is 0.582. The molecule has 0 spiro atoms. The second-order valence-corrected chi connectivity index (χ2v) is 5.93. The Hall–Kier alpha value is -2.71. The van der Waals surface area contributed by atoms with Gasteiger partial charge in [-0.2, -0.15) is 13.2 Å². The Bertz CT molecular complexity index is 952. The van der Waals surface area contributed by atoms with Gasteiger partial charge in [0.05, 0.1) is 6.61 Å². The van der Waals surface area contributed by atoms with Gasteiger partial charge >= 0.3 is 6.18 Å². The number of rotatable bonds is 6. The zero-order valence-corrected chi connectivity index (χ0v) is 14.4. The van der Waals surface area contributed by atoms with Crippen molar-refractivity contribution in [3.8, 4) is 5.75 Å². The number of benzene rings is 1. The number of pyridine rings is 1. The monoisotopic (exact) mass is 385 g/mol. The van der Waals surface area contributed by atoms with Crippen molar-refractivity contribution in [2.24, 2.45) is 0 Å². The van der Waals surface area contributed by atoms with E-state index >= 15 is 0 Å². The first kappa shape index (κ1) is 19.1. The average Bonchev–Trinajstić information content (AvgIpc) is 3.00. The van der Waals surface area contributed by atoms with Crippen LogP contribution in [0.3, 0.4) is 0 Å². The number of fused-ring (bicyclic) bond motifs is 1. The molecule has 4 nitrogen and oxygen atoms in total. The van der Waals surface area contributed by atoms with Crippen molar-refractivity contribution in [3.05, 3.63) is 59.0 Å². The van der Waals surface area contributed by atoms with Crippen LogP contribution in [-0.2, 0) is 19.0 Å². The number of aryl methyl sites for hydroxylation is 1. The molecule has 0 N–H and O–H groups in total. The van der Waals surface area contributed by atoms with Gasteiger partial charge in [0.25, 0.3) is 0 Å². The zero-order valence-electron chi connectivity index (χ0n) is 14.4. The lowest BCUT2D eigenvalue weighted by molar-refractivity contribution is -0.136.